The van der Waals surface area contributed by atoms with E-state index < -0.39 is 43.2 Å². The zero-order valence-corrected chi connectivity index (χ0v) is 17.6. The number of anilines is 1. The summed E-state index contributed by atoms with van der Waals surface area (Å²) < 4.78 is 51.6. The van der Waals surface area contributed by atoms with Gasteiger partial charge in [0.1, 0.15) is 23.3 Å². The third kappa shape index (κ3) is 2.74. The van der Waals surface area contributed by atoms with Gasteiger partial charge in [-0.25, -0.2) is 13.8 Å². The molecule has 3 heterocycles. The maximum absolute atomic E-state index is 15.4. The van der Waals surface area contributed by atoms with Crippen LogP contribution in [0.25, 0.3) is 0 Å². The highest BCUT2D eigenvalue weighted by Crippen LogP contribution is 2.71. The molecule has 0 bridgehead atoms. The molecule has 166 valence electrons. The summed E-state index contributed by atoms with van der Waals surface area (Å²) >= 11 is 0. The fourth-order valence-corrected chi connectivity index (χ4v) is 5.99. The molecular formula is C19H21FN3O7P. The minimum absolute atomic E-state index is 0.0202. The first-order valence-corrected chi connectivity index (χ1v) is 11.2. The summed E-state index contributed by atoms with van der Waals surface area (Å²) in [5.74, 6) is 0.348. The number of fused-ring (bicyclic) bond motifs is 2. The highest BCUT2D eigenvalue weighted by Gasteiger charge is 2.89. The van der Waals surface area contributed by atoms with Crippen molar-refractivity contribution >= 4 is 13.6 Å². The summed E-state index contributed by atoms with van der Waals surface area (Å²) in [7, 11) is -4.16. The van der Waals surface area contributed by atoms with E-state index in [1.54, 1.807) is 26.0 Å². The van der Waals surface area contributed by atoms with E-state index in [4.69, 9.17) is 24.0 Å². The number of ether oxygens (including phenoxy) is 1. The molecule has 2 aromatic rings. The molecule has 5 rings (SSSR count). The Bertz CT molecular complexity index is 1170. The molecule has 2 unspecified atom stereocenters. The molecule has 1 aliphatic carbocycles. The number of nitrogen functional groups attached to an aromatic ring is 1. The molecule has 10 nitrogen and oxygen atoms in total. The summed E-state index contributed by atoms with van der Waals surface area (Å²) in [5, 5.41) is 11.1. The van der Waals surface area contributed by atoms with Crippen LogP contribution in [0.4, 0.5) is 10.2 Å². The van der Waals surface area contributed by atoms with E-state index in [1.807, 2.05) is 6.07 Å². The predicted molar refractivity (Wildman–Crippen MR) is 105 cm³/mol. The minimum Gasteiger partial charge on any atom is -0.403 e. The molecule has 3 aliphatic rings. The maximum atomic E-state index is 15.4. The zero-order chi connectivity index (χ0) is 22.2. The summed E-state index contributed by atoms with van der Waals surface area (Å²) in [4.78, 5) is 15.7. The largest absolute Gasteiger partial charge is 0.530 e. The first-order valence-electron chi connectivity index (χ1n) is 9.75. The first-order chi connectivity index (χ1) is 14.6. The average Bonchev–Trinajstić information content (AvgIpc) is 3.13. The van der Waals surface area contributed by atoms with Crippen molar-refractivity contribution in [1.29, 1.82) is 0 Å². The lowest BCUT2D eigenvalue weighted by Gasteiger charge is -2.28. The molecule has 2 aliphatic heterocycles. The molecule has 31 heavy (non-hydrogen) atoms. The number of nitrogens with zero attached hydrogens (tertiary/aromatic N) is 2. The third-order valence-corrected chi connectivity index (χ3v) is 7.50. The van der Waals surface area contributed by atoms with Crippen molar-refractivity contribution in [3.8, 4) is 5.75 Å². The fourth-order valence-electron chi connectivity index (χ4n) is 4.47. The normalized spacial score (nSPS) is 38.3. The van der Waals surface area contributed by atoms with Gasteiger partial charge >= 0.3 is 13.5 Å². The molecule has 2 fully saturated rings. The van der Waals surface area contributed by atoms with Crippen LogP contribution in [0.15, 0.2) is 35.3 Å². The van der Waals surface area contributed by atoms with E-state index in [-0.39, 0.29) is 18.8 Å². The number of halogens is 1. The second kappa shape index (κ2) is 6.60. The van der Waals surface area contributed by atoms with Crippen LogP contribution in [0.2, 0.25) is 0 Å². The van der Waals surface area contributed by atoms with Crippen molar-refractivity contribution < 1.29 is 32.4 Å². The topological polar surface area (TPSA) is 135 Å². The lowest BCUT2D eigenvalue weighted by atomic mass is 10.1. The van der Waals surface area contributed by atoms with Gasteiger partial charge in [-0.15, -0.1) is 0 Å². The summed E-state index contributed by atoms with van der Waals surface area (Å²) in [6.07, 6.45) is -3.46. The standard InChI is InChI=1S/C19H21FN3O7P/c1-3-18-16(30-31(26)27-9-11-6-4-5-10(2)13(11)29-31)19(18,25)14(20)15(28-18)23-8-7-12(21)22-17(23)24/h4-8,14-16,25H,3,9H2,1-2H3,(H2,21,22,24)/t14-,15+,16?,18+,19+,31?/m0/s1. The number of alkyl halides is 1. The number of rotatable bonds is 4. The molecule has 0 radical (unpaired) electrons. The van der Waals surface area contributed by atoms with Crippen molar-refractivity contribution in [2.24, 2.45) is 0 Å². The molecule has 0 amide bonds. The van der Waals surface area contributed by atoms with Gasteiger partial charge in [0.2, 0.25) is 0 Å². The predicted octanol–water partition coefficient (Wildman–Crippen LogP) is 2.00. The van der Waals surface area contributed by atoms with Crippen molar-refractivity contribution in [3.63, 3.8) is 0 Å². The van der Waals surface area contributed by atoms with Crippen LogP contribution in [0.5, 0.6) is 5.75 Å². The van der Waals surface area contributed by atoms with Gasteiger partial charge in [-0.05, 0) is 25.0 Å². The van der Waals surface area contributed by atoms with E-state index in [2.05, 4.69) is 4.98 Å². The Hall–Kier alpha value is -2.30. The van der Waals surface area contributed by atoms with Crippen LogP contribution in [-0.4, -0.2) is 38.1 Å². The lowest BCUT2D eigenvalue weighted by Crippen LogP contribution is -2.38. The highest BCUT2D eigenvalue weighted by molar-refractivity contribution is 7.49. The fraction of sp³-hybridized carbons (Fsp3) is 0.474. The first kappa shape index (κ1) is 20.6. The molecule has 3 N–H and O–H groups in total. The molecule has 1 aromatic carbocycles. The van der Waals surface area contributed by atoms with E-state index in [9.17, 15) is 14.5 Å². The Morgan fingerprint density at radius 1 is 1.45 bits per heavy atom. The number of aryl methyl sites for hydroxylation is 1. The Morgan fingerprint density at radius 3 is 2.90 bits per heavy atom. The SMILES string of the molecule is CC[C@]12O[C@@H](n3ccc(N)nc3=O)[C@H](F)[C@@]1(O)C2OP1(=O)OCc2cccc(C)c2O1. The number of hydrogen-bond donors (Lipinski definition) is 2. The zero-order valence-electron chi connectivity index (χ0n) is 16.7. The van der Waals surface area contributed by atoms with Gasteiger partial charge in [0.25, 0.3) is 0 Å². The van der Waals surface area contributed by atoms with Gasteiger partial charge in [0.05, 0.1) is 6.61 Å². The van der Waals surface area contributed by atoms with E-state index in [0.29, 0.717) is 11.3 Å². The van der Waals surface area contributed by atoms with Crippen molar-refractivity contribution in [2.75, 3.05) is 5.73 Å². The maximum Gasteiger partial charge on any atom is 0.530 e. The van der Waals surface area contributed by atoms with Gasteiger partial charge in [0.15, 0.2) is 18.0 Å². The van der Waals surface area contributed by atoms with Crippen LogP contribution in [0, 0.1) is 6.92 Å². The third-order valence-electron chi connectivity index (χ3n) is 6.18. The number of aliphatic hydroxyl groups is 1. The Balaban J connectivity index is 1.41. The van der Waals surface area contributed by atoms with E-state index in [0.717, 1.165) is 10.1 Å². The summed E-state index contributed by atoms with van der Waals surface area (Å²) in [6, 6.07) is 6.68. The van der Waals surface area contributed by atoms with Gasteiger partial charge < -0.3 is 20.1 Å². The van der Waals surface area contributed by atoms with Gasteiger partial charge in [-0.2, -0.15) is 4.98 Å². The minimum atomic E-state index is -4.16. The van der Waals surface area contributed by atoms with Crippen molar-refractivity contribution in [3.05, 3.63) is 52.1 Å². The number of aromatic nitrogens is 2. The smallest absolute Gasteiger partial charge is 0.403 e. The molecule has 1 aromatic heterocycles. The number of phosphoric ester groups is 1. The molecule has 6 atom stereocenters. The van der Waals surface area contributed by atoms with Gasteiger partial charge in [-0.3, -0.25) is 13.6 Å². The number of hydrogen-bond acceptors (Lipinski definition) is 9. The second-order valence-electron chi connectivity index (χ2n) is 7.88. The van der Waals surface area contributed by atoms with Crippen LogP contribution < -0.4 is 15.9 Å². The highest BCUT2D eigenvalue weighted by atomic mass is 31.2. The number of phosphoric acid groups is 1. The van der Waals surface area contributed by atoms with Crippen LogP contribution in [-0.2, 0) is 25.0 Å². The Morgan fingerprint density at radius 2 is 2.23 bits per heavy atom. The molecule has 1 saturated carbocycles. The Kier molecular flexibility index (Phi) is 4.38. The van der Waals surface area contributed by atoms with Crippen LogP contribution in [0.1, 0.15) is 30.7 Å². The van der Waals surface area contributed by atoms with E-state index in [1.165, 1.54) is 12.3 Å². The van der Waals surface area contributed by atoms with Gasteiger partial charge in [-0.1, -0.05) is 25.1 Å². The summed E-state index contributed by atoms with van der Waals surface area (Å²) in [5.41, 5.74) is 2.41. The van der Waals surface area contributed by atoms with Crippen molar-refractivity contribution in [2.45, 2.75) is 56.6 Å². The summed E-state index contributed by atoms with van der Waals surface area (Å²) in [6.45, 7) is 3.42. The molecule has 12 heteroatoms. The van der Waals surface area contributed by atoms with Crippen LogP contribution in [0.3, 0.4) is 0 Å². The van der Waals surface area contributed by atoms with Crippen molar-refractivity contribution in [1.82, 2.24) is 9.55 Å². The number of para-hydroxylation sites is 1. The van der Waals surface area contributed by atoms with E-state index >= 15 is 4.39 Å². The Labute approximate surface area is 176 Å². The number of nitrogens with two attached hydrogens (primary N) is 1. The number of benzene rings is 1. The van der Waals surface area contributed by atoms with Crippen LogP contribution >= 0.6 is 7.82 Å². The lowest BCUT2D eigenvalue weighted by molar-refractivity contribution is -0.0936. The monoisotopic (exact) mass is 453 g/mol. The van der Waals surface area contributed by atoms with Gasteiger partial charge in [0, 0.05) is 11.8 Å². The molecule has 1 saturated heterocycles. The molecular weight excluding hydrogens is 432 g/mol. The second-order valence-corrected chi connectivity index (χ2v) is 9.43. The quantitative estimate of drug-likeness (QED) is 0.666. The average molecular weight is 453 g/mol. The molecule has 0 spiro atoms.